The van der Waals surface area contributed by atoms with Gasteiger partial charge in [-0.3, -0.25) is 4.57 Å². The van der Waals surface area contributed by atoms with Crippen molar-refractivity contribution in [3.63, 3.8) is 0 Å². The highest BCUT2D eigenvalue weighted by Crippen LogP contribution is 2.45. The van der Waals surface area contributed by atoms with Crippen LogP contribution in [0.15, 0.2) is 30.3 Å². The van der Waals surface area contributed by atoms with Crippen LogP contribution in [0.1, 0.15) is 30.9 Å². The molecule has 1 aliphatic rings. The molecule has 0 amide bonds. The number of para-hydroxylation sites is 2. The number of allylic oxidation sites excluding steroid dienone is 2. The molecule has 1 aromatic carbocycles. The van der Waals surface area contributed by atoms with E-state index < -0.39 is 5.97 Å². The smallest absolute Gasteiger partial charge is 0.372 e. The zero-order valence-electron chi connectivity index (χ0n) is 11.4. The van der Waals surface area contributed by atoms with Gasteiger partial charge >= 0.3 is 5.97 Å². The zero-order valence-corrected chi connectivity index (χ0v) is 12.3. The Labute approximate surface area is 122 Å². The van der Waals surface area contributed by atoms with Gasteiger partial charge in [-0.2, -0.15) is 12.6 Å². The van der Waals surface area contributed by atoms with Crippen LogP contribution in [0.5, 0.6) is 0 Å². The van der Waals surface area contributed by atoms with Gasteiger partial charge in [0, 0.05) is 16.4 Å². The van der Waals surface area contributed by atoms with Gasteiger partial charge in [-0.25, -0.2) is 9.78 Å². The number of aromatic carboxylic acids is 1. The van der Waals surface area contributed by atoms with Gasteiger partial charge in [0.1, 0.15) is 0 Å². The monoisotopic (exact) mass is 288 g/mol. The molecule has 0 fully saturated rings. The van der Waals surface area contributed by atoms with Crippen molar-refractivity contribution in [2.24, 2.45) is 5.41 Å². The zero-order chi connectivity index (χ0) is 14.5. The minimum atomic E-state index is -1.01. The van der Waals surface area contributed by atoms with Gasteiger partial charge < -0.3 is 5.11 Å². The summed E-state index contributed by atoms with van der Waals surface area (Å²) >= 11 is 4.61. The third kappa shape index (κ3) is 1.77. The van der Waals surface area contributed by atoms with E-state index in [4.69, 9.17) is 0 Å². The van der Waals surface area contributed by atoms with E-state index in [2.05, 4.69) is 37.5 Å². The fraction of sp³-hybridized carbons (Fsp3) is 0.333. The number of carboxylic acid groups (broad SMARTS) is 1. The molecule has 1 aliphatic carbocycles. The lowest BCUT2D eigenvalue weighted by atomic mass is 9.89. The maximum absolute atomic E-state index is 11.5. The van der Waals surface area contributed by atoms with E-state index in [1.54, 1.807) is 4.57 Å². The van der Waals surface area contributed by atoms with Crippen LogP contribution in [0.3, 0.4) is 0 Å². The second-order valence-electron chi connectivity index (χ2n) is 5.63. The molecule has 2 aromatic rings. The number of imidazole rings is 1. The largest absolute Gasteiger partial charge is 0.475 e. The Morgan fingerprint density at radius 1 is 1.45 bits per heavy atom. The summed E-state index contributed by atoms with van der Waals surface area (Å²) in [6.45, 7) is 4.17. The summed E-state index contributed by atoms with van der Waals surface area (Å²) in [5.41, 5.74) is 2.29. The molecule has 4 nitrogen and oxygen atoms in total. The Morgan fingerprint density at radius 2 is 2.15 bits per heavy atom. The lowest BCUT2D eigenvalue weighted by Crippen LogP contribution is -2.25. The van der Waals surface area contributed by atoms with E-state index in [-0.39, 0.29) is 16.5 Å². The molecular weight excluding hydrogens is 272 g/mol. The van der Waals surface area contributed by atoms with Crippen LogP contribution >= 0.6 is 12.6 Å². The highest BCUT2D eigenvalue weighted by molar-refractivity contribution is 7.81. The maximum atomic E-state index is 11.5. The Morgan fingerprint density at radius 3 is 2.75 bits per heavy atom. The molecule has 1 atom stereocenters. The Kier molecular flexibility index (Phi) is 2.90. The summed E-state index contributed by atoms with van der Waals surface area (Å²) in [6.07, 6.45) is 2.90. The molecule has 3 rings (SSSR count). The number of hydrogen-bond donors (Lipinski definition) is 2. The number of nitrogens with zero attached hydrogens (tertiary/aromatic N) is 2. The van der Waals surface area contributed by atoms with Crippen LogP contribution in [-0.2, 0) is 0 Å². The van der Waals surface area contributed by atoms with Crippen LogP contribution in [0, 0.1) is 5.41 Å². The number of fused-ring (bicyclic) bond motifs is 1. The molecule has 0 radical (unpaired) electrons. The second-order valence-corrected chi connectivity index (χ2v) is 6.25. The molecular formula is C15H16N2O2S. The molecule has 1 aromatic heterocycles. The number of benzene rings is 1. The molecule has 0 saturated heterocycles. The number of rotatable bonds is 2. The first-order valence-corrected chi connectivity index (χ1v) is 7.04. The standard InChI is InChI=1S/C15H16N2O2S/c1-15(2)11(7-8-12(15)20)17-10-6-4-3-5-9(10)16-13(17)14(18)19/h3-7,12,20H,8H2,1-2H3,(H,18,19). The Balaban J connectivity index is 2.31. The fourth-order valence-electron chi connectivity index (χ4n) is 2.74. The first-order chi connectivity index (χ1) is 9.43. The van der Waals surface area contributed by atoms with Gasteiger partial charge in [0.25, 0.3) is 0 Å². The normalized spacial score (nSPS) is 21.1. The van der Waals surface area contributed by atoms with E-state index in [1.165, 1.54) is 0 Å². The lowest BCUT2D eigenvalue weighted by molar-refractivity contribution is 0.0682. The summed E-state index contributed by atoms with van der Waals surface area (Å²) in [7, 11) is 0. The Bertz CT molecular complexity index is 731. The summed E-state index contributed by atoms with van der Waals surface area (Å²) in [5, 5.41) is 9.61. The minimum Gasteiger partial charge on any atom is -0.475 e. The number of hydrogen-bond acceptors (Lipinski definition) is 3. The van der Waals surface area contributed by atoms with Crippen molar-refractivity contribution >= 4 is 35.3 Å². The molecule has 1 unspecified atom stereocenters. The van der Waals surface area contributed by atoms with Crippen molar-refractivity contribution in [1.82, 2.24) is 9.55 Å². The fourth-order valence-corrected chi connectivity index (χ4v) is 2.98. The van der Waals surface area contributed by atoms with Crippen molar-refractivity contribution in [1.29, 1.82) is 0 Å². The molecule has 1 N–H and O–H groups in total. The molecule has 1 heterocycles. The summed E-state index contributed by atoms with van der Waals surface area (Å²) in [6, 6.07) is 7.49. The number of carboxylic acids is 1. The predicted octanol–water partition coefficient (Wildman–Crippen LogP) is 3.30. The van der Waals surface area contributed by atoms with Gasteiger partial charge in [-0.15, -0.1) is 0 Å². The summed E-state index contributed by atoms with van der Waals surface area (Å²) < 4.78 is 1.76. The topological polar surface area (TPSA) is 55.1 Å². The highest BCUT2D eigenvalue weighted by atomic mass is 32.1. The van der Waals surface area contributed by atoms with Crippen LogP contribution < -0.4 is 0 Å². The number of aromatic nitrogens is 2. The predicted molar refractivity (Wildman–Crippen MR) is 82.1 cm³/mol. The van der Waals surface area contributed by atoms with Gasteiger partial charge in [-0.1, -0.05) is 32.1 Å². The van der Waals surface area contributed by atoms with E-state index in [9.17, 15) is 9.90 Å². The van der Waals surface area contributed by atoms with E-state index in [0.717, 1.165) is 17.6 Å². The van der Waals surface area contributed by atoms with Crippen LogP contribution in [0.2, 0.25) is 0 Å². The highest BCUT2D eigenvalue weighted by Gasteiger charge is 2.38. The quantitative estimate of drug-likeness (QED) is 0.834. The van der Waals surface area contributed by atoms with E-state index in [0.29, 0.717) is 5.52 Å². The van der Waals surface area contributed by atoms with Gasteiger partial charge in [0.15, 0.2) is 0 Å². The van der Waals surface area contributed by atoms with Crippen molar-refractivity contribution in [2.45, 2.75) is 25.5 Å². The third-order valence-corrected chi connectivity index (χ3v) is 4.88. The van der Waals surface area contributed by atoms with Crippen molar-refractivity contribution in [3.8, 4) is 0 Å². The molecule has 0 aliphatic heterocycles. The Hall–Kier alpha value is -1.75. The molecule has 0 saturated carbocycles. The van der Waals surface area contributed by atoms with Crippen LogP contribution in [0.25, 0.3) is 16.7 Å². The van der Waals surface area contributed by atoms with Gasteiger partial charge in [0.05, 0.1) is 11.0 Å². The van der Waals surface area contributed by atoms with Crippen LogP contribution in [-0.4, -0.2) is 25.9 Å². The van der Waals surface area contributed by atoms with E-state index >= 15 is 0 Å². The van der Waals surface area contributed by atoms with Crippen molar-refractivity contribution < 1.29 is 9.90 Å². The lowest BCUT2D eigenvalue weighted by Gasteiger charge is -2.28. The SMILES string of the molecule is CC1(C)C(n2c(C(=O)O)nc3ccccc32)=CCC1S. The van der Waals surface area contributed by atoms with Gasteiger partial charge in [-0.05, 0) is 18.6 Å². The second kappa shape index (κ2) is 4.38. The molecule has 104 valence electrons. The van der Waals surface area contributed by atoms with Crippen molar-refractivity contribution in [3.05, 3.63) is 36.2 Å². The average Bonchev–Trinajstić information content (AvgIpc) is 2.89. The first-order valence-electron chi connectivity index (χ1n) is 6.53. The molecule has 5 heteroatoms. The number of carbonyl (C=O) groups is 1. The summed E-state index contributed by atoms with van der Waals surface area (Å²) in [4.78, 5) is 15.8. The van der Waals surface area contributed by atoms with E-state index in [1.807, 2.05) is 24.3 Å². The van der Waals surface area contributed by atoms with Crippen molar-refractivity contribution in [2.75, 3.05) is 0 Å². The first kappa shape index (κ1) is 13.2. The minimum absolute atomic E-state index is 0.0629. The number of thiol groups is 1. The maximum Gasteiger partial charge on any atom is 0.372 e. The average molecular weight is 288 g/mol. The molecule has 20 heavy (non-hydrogen) atoms. The van der Waals surface area contributed by atoms with Crippen LogP contribution in [0.4, 0.5) is 0 Å². The molecule has 0 spiro atoms. The summed E-state index contributed by atoms with van der Waals surface area (Å²) in [5.74, 6) is -0.950. The van der Waals surface area contributed by atoms with Gasteiger partial charge in [0.2, 0.25) is 5.82 Å². The molecule has 0 bridgehead atoms. The third-order valence-electron chi connectivity index (χ3n) is 4.02.